The molecule has 1 aliphatic rings. The number of anilines is 2. The van der Waals surface area contributed by atoms with Crippen LogP contribution in [0, 0.1) is 6.92 Å². The van der Waals surface area contributed by atoms with Gasteiger partial charge < -0.3 is 4.55 Å². The summed E-state index contributed by atoms with van der Waals surface area (Å²) in [7, 11) is -8.77. The normalized spacial score (nSPS) is 15.2. The van der Waals surface area contributed by atoms with Crippen molar-refractivity contribution in [1.29, 1.82) is 0 Å². The minimum Gasteiger partial charge on any atom is -0.744 e. The van der Waals surface area contributed by atoms with Gasteiger partial charge in [-0.15, -0.1) is 0 Å². The average molecular weight is 709 g/mol. The van der Waals surface area contributed by atoms with E-state index in [9.17, 15) is 26.2 Å². The molecule has 1 unspecified atom stereocenters. The van der Waals surface area contributed by atoms with E-state index in [0.717, 1.165) is 28.3 Å². The van der Waals surface area contributed by atoms with E-state index >= 15 is 0 Å². The third-order valence-corrected chi connectivity index (χ3v) is 9.97. The zero-order valence-electron chi connectivity index (χ0n) is 24.7. The third-order valence-electron chi connectivity index (χ3n) is 6.79. The van der Waals surface area contributed by atoms with Crippen LogP contribution in [0.3, 0.4) is 0 Å². The Bertz CT molecular complexity index is 2020. The second kappa shape index (κ2) is 14.3. The number of aryl methyl sites for hydroxylation is 1. The van der Waals surface area contributed by atoms with Crippen molar-refractivity contribution in [2.75, 3.05) is 9.31 Å². The molecule has 16 heteroatoms. The fraction of sp³-hybridized carbons (Fsp3) is 0.133. The number of halogens is 2. The molecule has 0 spiro atoms. The van der Waals surface area contributed by atoms with Gasteiger partial charge in [-0.2, -0.15) is 20.3 Å². The largest absolute Gasteiger partial charge is 1.00 e. The molecule has 5 rings (SSSR count). The van der Waals surface area contributed by atoms with Gasteiger partial charge in [-0.25, -0.2) is 16.8 Å². The average Bonchev–Trinajstić information content (AvgIpc) is 3.27. The molecule has 0 N–H and O–H groups in total. The van der Waals surface area contributed by atoms with Crippen LogP contribution in [0.5, 0.6) is 0 Å². The molecule has 4 aromatic carbocycles. The number of rotatable bonds is 9. The van der Waals surface area contributed by atoms with Crippen molar-refractivity contribution in [3.05, 3.63) is 112 Å². The SMILES string of the molecule is CC1=NN(c2c(Cl)cc(S(=O)(=O)[O-])cc2Cl)C(=O)C1N=Nc1ccc(N(Cc2ccccc2)S(=O)(=O)c2ccc(C)cc2)cc1.[Na+]. The number of carbonyl (C=O) groups is 1. The quantitative estimate of drug-likeness (QED) is 0.148. The smallest absolute Gasteiger partial charge is 0.744 e. The van der Waals surface area contributed by atoms with Crippen LogP contribution < -0.4 is 38.9 Å². The molecule has 1 aliphatic heterocycles. The predicted molar refractivity (Wildman–Crippen MR) is 171 cm³/mol. The Hall–Kier alpha value is -3.14. The number of azo groups is 1. The van der Waals surface area contributed by atoms with Crippen molar-refractivity contribution in [3.8, 4) is 0 Å². The van der Waals surface area contributed by atoms with Gasteiger partial charge in [0.15, 0.2) is 6.04 Å². The second-order valence-corrected chi connectivity index (χ2v) is 14.1. The minimum atomic E-state index is -4.84. The first kappa shape index (κ1) is 35.7. The van der Waals surface area contributed by atoms with Crippen LogP contribution in [0.1, 0.15) is 18.1 Å². The van der Waals surface area contributed by atoms with E-state index < -0.39 is 37.0 Å². The summed E-state index contributed by atoms with van der Waals surface area (Å²) in [4.78, 5) is 12.7. The van der Waals surface area contributed by atoms with Crippen molar-refractivity contribution in [2.45, 2.75) is 36.2 Å². The summed E-state index contributed by atoms with van der Waals surface area (Å²) in [6.45, 7) is 3.51. The molecule has 1 amide bonds. The van der Waals surface area contributed by atoms with Crippen molar-refractivity contribution in [2.24, 2.45) is 15.3 Å². The van der Waals surface area contributed by atoms with E-state index in [1.807, 2.05) is 37.3 Å². The summed E-state index contributed by atoms with van der Waals surface area (Å²) in [5.74, 6) is -0.660. The standard InChI is InChI=1S/C30H25Cl2N5O6S2.Na/c1-19-8-14-24(15-9-19)44(39,40)36(18-21-6-4-3-5-7-21)23-12-10-22(11-13-23)33-34-28-20(2)35-37(30(28)38)29-26(31)16-25(17-27(29)32)45(41,42)43;/h3-17,28H,18H2,1-2H3,(H,41,42,43);/q;+1/p-1. The molecular weight excluding hydrogens is 684 g/mol. The van der Waals surface area contributed by atoms with Gasteiger partial charge in [0, 0.05) is 0 Å². The molecule has 1 atom stereocenters. The van der Waals surface area contributed by atoms with E-state index in [1.165, 1.54) is 4.31 Å². The fourth-order valence-electron chi connectivity index (χ4n) is 4.45. The topological polar surface area (TPSA) is 152 Å². The Morgan fingerprint density at radius 3 is 2.02 bits per heavy atom. The van der Waals surface area contributed by atoms with Gasteiger partial charge in [0.2, 0.25) is 0 Å². The monoisotopic (exact) mass is 707 g/mol. The van der Waals surface area contributed by atoms with Crippen LogP contribution >= 0.6 is 23.2 Å². The van der Waals surface area contributed by atoms with E-state index in [2.05, 4.69) is 15.3 Å². The van der Waals surface area contributed by atoms with Gasteiger partial charge in [-0.3, -0.25) is 9.10 Å². The van der Waals surface area contributed by atoms with Crippen LogP contribution in [0.15, 0.2) is 116 Å². The van der Waals surface area contributed by atoms with Crippen LogP contribution in [-0.2, 0) is 31.5 Å². The number of hydrazone groups is 1. The third kappa shape index (κ3) is 7.69. The zero-order chi connectivity index (χ0) is 32.5. The van der Waals surface area contributed by atoms with Gasteiger partial charge >= 0.3 is 29.6 Å². The van der Waals surface area contributed by atoms with Crippen LogP contribution in [0.25, 0.3) is 0 Å². The Balaban J connectivity index is 0.00000480. The molecule has 1 heterocycles. The predicted octanol–water partition coefficient (Wildman–Crippen LogP) is 3.48. The molecule has 232 valence electrons. The van der Waals surface area contributed by atoms with Gasteiger partial charge in [0.05, 0.1) is 43.5 Å². The summed E-state index contributed by atoms with van der Waals surface area (Å²) in [5.41, 5.74) is 2.61. The number of benzene rings is 4. The van der Waals surface area contributed by atoms with E-state index in [1.54, 1.807) is 55.5 Å². The molecule has 0 saturated heterocycles. The minimum absolute atomic E-state index is 0. The molecule has 0 radical (unpaired) electrons. The summed E-state index contributed by atoms with van der Waals surface area (Å²) >= 11 is 12.3. The molecule has 0 aromatic heterocycles. The number of sulfonamides is 1. The first-order valence-corrected chi connectivity index (χ1v) is 16.8. The van der Waals surface area contributed by atoms with Crippen LogP contribution in [-0.4, -0.2) is 39.0 Å². The molecule has 0 fully saturated rings. The van der Waals surface area contributed by atoms with Crippen LogP contribution in [0.4, 0.5) is 17.1 Å². The summed E-state index contributed by atoms with van der Waals surface area (Å²) in [6.07, 6.45) is 0. The van der Waals surface area contributed by atoms with Crippen molar-refractivity contribution in [1.82, 2.24) is 0 Å². The van der Waals surface area contributed by atoms with Crippen molar-refractivity contribution >= 4 is 72.0 Å². The van der Waals surface area contributed by atoms with Crippen molar-refractivity contribution < 1.29 is 55.7 Å². The van der Waals surface area contributed by atoms with Crippen LogP contribution in [0.2, 0.25) is 10.0 Å². The number of hydrogen-bond acceptors (Lipinski definition) is 9. The molecule has 0 saturated carbocycles. The molecule has 4 aromatic rings. The molecule has 0 aliphatic carbocycles. The van der Waals surface area contributed by atoms with Gasteiger partial charge in [-0.05, 0) is 67.9 Å². The first-order chi connectivity index (χ1) is 21.3. The molecule has 0 bridgehead atoms. The Morgan fingerprint density at radius 1 is 0.870 bits per heavy atom. The molecule has 11 nitrogen and oxygen atoms in total. The van der Waals surface area contributed by atoms with Gasteiger partial charge in [-0.1, -0.05) is 71.2 Å². The maximum Gasteiger partial charge on any atom is 1.00 e. The zero-order valence-corrected chi connectivity index (χ0v) is 29.8. The van der Waals surface area contributed by atoms with E-state index in [4.69, 9.17) is 23.2 Å². The molecule has 46 heavy (non-hydrogen) atoms. The number of carbonyl (C=O) groups excluding carboxylic acids is 1. The maximum atomic E-state index is 13.7. The first-order valence-electron chi connectivity index (χ1n) is 13.2. The van der Waals surface area contributed by atoms with Crippen molar-refractivity contribution in [3.63, 3.8) is 0 Å². The summed E-state index contributed by atoms with van der Waals surface area (Å²) in [6, 6.07) is 22.8. The van der Waals surface area contributed by atoms with E-state index in [0.29, 0.717) is 11.4 Å². The Labute approximate surface area is 298 Å². The number of hydrogen-bond donors (Lipinski definition) is 0. The fourth-order valence-corrected chi connectivity index (χ4v) is 7.20. The Morgan fingerprint density at radius 2 is 1.46 bits per heavy atom. The second-order valence-electron chi connectivity index (χ2n) is 10.0. The Kier molecular flexibility index (Phi) is 11.1. The molecular formula is C30H24Cl2N5NaO6S2. The summed E-state index contributed by atoms with van der Waals surface area (Å²) in [5, 5.41) is 12.8. The van der Waals surface area contributed by atoms with Gasteiger partial charge in [0.1, 0.15) is 15.8 Å². The maximum absolute atomic E-state index is 13.7. The summed E-state index contributed by atoms with van der Waals surface area (Å²) < 4.78 is 62.9. The number of nitrogens with zero attached hydrogens (tertiary/aromatic N) is 5. The van der Waals surface area contributed by atoms with E-state index in [-0.39, 0.29) is 62.4 Å². The number of amides is 1. The van der Waals surface area contributed by atoms with Gasteiger partial charge in [0.25, 0.3) is 15.9 Å².